The highest BCUT2D eigenvalue weighted by molar-refractivity contribution is 5.27. The second-order valence-electron chi connectivity index (χ2n) is 4.77. The van der Waals surface area contributed by atoms with Gasteiger partial charge >= 0.3 is 0 Å². The van der Waals surface area contributed by atoms with Gasteiger partial charge in [-0.25, -0.2) is 4.98 Å². The molecule has 1 fully saturated rings. The van der Waals surface area contributed by atoms with E-state index in [1.165, 1.54) is 25.7 Å². The zero-order valence-corrected chi connectivity index (χ0v) is 10.7. The predicted octanol–water partition coefficient (Wildman–Crippen LogP) is 2.66. The van der Waals surface area contributed by atoms with E-state index < -0.39 is 0 Å². The molecule has 0 aromatic carbocycles. The first kappa shape index (κ1) is 12.4. The Morgan fingerprint density at radius 3 is 3.00 bits per heavy atom. The Balaban J connectivity index is 1.79. The molecule has 0 aliphatic heterocycles. The van der Waals surface area contributed by atoms with Crippen LogP contribution in [0.4, 0.5) is 5.95 Å². The third kappa shape index (κ3) is 3.73. The van der Waals surface area contributed by atoms with Crippen LogP contribution in [0.25, 0.3) is 0 Å². The van der Waals surface area contributed by atoms with Crippen molar-refractivity contribution in [3.8, 4) is 0 Å². The van der Waals surface area contributed by atoms with E-state index in [2.05, 4.69) is 21.1 Å². The summed E-state index contributed by atoms with van der Waals surface area (Å²) < 4.78 is 7.27. The molecule has 1 aromatic heterocycles. The number of unbranched alkanes of at least 4 members (excludes halogenated alkanes) is 1. The molecule has 0 radical (unpaired) electrons. The van der Waals surface area contributed by atoms with Crippen molar-refractivity contribution in [2.24, 2.45) is 0 Å². The molecule has 4 heteroatoms. The Morgan fingerprint density at radius 2 is 2.24 bits per heavy atom. The number of anilines is 1. The molecule has 1 aromatic rings. The summed E-state index contributed by atoms with van der Waals surface area (Å²) in [5.74, 6) is 1.04. The summed E-state index contributed by atoms with van der Waals surface area (Å²) in [6.07, 6.45) is 11.5. The number of rotatable bonds is 7. The van der Waals surface area contributed by atoms with Crippen molar-refractivity contribution in [2.45, 2.75) is 51.1 Å². The second kappa shape index (κ2) is 6.64. The molecule has 0 bridgehead atoms. The smallest absolute Gasteiger partial charge is 0.202 e. The Labute approximate surface area is 103 Å². The number of aromatic nitrogens is 2. The summed E-state index contributed by atoms with van der Waals surface area (Å²) in [5, 5.41) is 3.55. The maximum Gasteiger partial charge on any atom is 0.202 e. The van der Waals surface area contributed by atoms with E-state index in [-0.39, 0.29) is 0 Å². The van der Waals surface area contributed by atoms with Crippen LogP contribution < -0.4 is 5.32 Å². The zero-order chi connectivity index (χ0) is 11.9. The van der Waals surface area contributed by atoms with Crippen molar-refractivity contribution in [1.82, 2.24) is 9.55 Å². The SMILES string of the molecule is COCCCCn1ccnc1NC1CCCC1. The maximum atomic E-state index is 5.06. The number of aryl methyl sites for hydroxylation is 1. The van der Waals surface area contributed by atoms with E-state index in [1.54, 1.807) is 7.11 Å². The van der Waals surface area contributed by atoms with Gasteiger partial charge in [-0.2, -0.15) is 0 Å². The highest BCUT2D eigenvalue weighted by Gasteiger charge is 2.16. The van der Waals surface area contributed by atoms with E-state index in [0.717, 1.165) is 31.9 Å². The van der Waals surface area contributed by atoms with E-state index in [4.69, 9.17) is 4.74 Å². The lowest BCUT2D eigenvalue weighted by Crippen LogP contribution is -2.18. The molecule has 1 N–H and O–H groups in total. The number of methoxy groups -OCH3 is 1. The Hall–Kier alpha value is -1.03. The fourth-order valence-corrected chi connectivity index (χ4v) is 2.41. The molecule has 1 saturated carbocycles. The van der Waals surface area contributed by atoms with Gasteiger partial charge in [0.15, 0.2) is 0 Å². The molecule has 2 rings (SSSR count). The molecular formula is C13H23N3O. The van der Waals surface area contributed by atoms with Gasteiger partial charge < -0.3 is 14.6 Å². The van der Waals surface area contributed by atoms with Gasteiger partial charge in [0.05, 0.1) is 0 Å². The Morgan fingerprint density at radius 1 is 1.41 bits per heavy atom. The van der Waals surface area contributed by atoms with Crippen molar-refractivity contribution in [3.63, 3.8) is 0 Å². The topological polar surface area (TPSA) is 39.1 Å². The Kier molecular flexibility index (Phi) is 4.86. The molecular weight excluding hydrogens is 214 g/mol. The van der Waals surface area contributed by atoms with Crippen molar-refractivity contribution < 1.29 is 4.74 Å². The molecule has 17 heavy (non-hydrogen) atoms. The summed E-state index contributed by atoms with van der Waals surface area (Å²) in [4.78, 5) is 4.40. The van der Waals surface area contributed by atoms with Gasteiger partial charge in [-0.05, 0) is 25.7 Å². The number of imidazole rings is 1. The first-order chi connectivity index (χ1) is 8.40. The third-order valence-electron chi connectivity index (χ3n) is 3.40. The Bertz CT molecular complexity index is 318. The summed E-state index contributed by atoms with van der Waals surface area (Å²) in [7, 11) is 1.75. The van der Waals surface area contributed by atoms with Gasteiger partial charge in [0.25, 0.3) is 0 Å². The van der Waals surface area contributed by atoms with Gasteiger partial charge in [0.2, 0.25) is 5.95 Å². The van der Waals surface area contributed by atoms with Crippen LogP contribution in [0, 0.1) is 0 Å². The minimum atomic E-state index is 0.634. The molecule has 0 amide bonds. The van der Waals surface area contributed by atoms with Crippen LogP contribution in [-0.2, 0) is 11.3 Å². The number of hydrogen-bond donors (Lipinski definition) is 1. The normalized spacial score (nSPS) is 16.5. The van der Waals surface area contributed by atoms with E-state index in [0.29, 0.717) is 6.04 Å². The fourth-order valence-electron chi connectivity index (χ4n) is 2.41. The predicted molar refractivity (Wildman–Crippen MR) is 69.2 cm³/mol. The number of ether oxygens (including phenoxy) is 1. The van der Waals surface area contributed by atoms with Gasteiger partial charge in [0, 0.05) is 38.7 Å². The molecule has 0 saturated heterocycles. The largest absolute Gasteiger partial charge is 0.385 e. The molecule has 96 valence electrons. The van der Waals surface area contributed by atoms with Crippen LogP contribution in [0.2, 0.25) is 0 Å². The summed E-state index contributed by atoms with van der Waals surface area (Å²) >= 11 is 0. The molecule has 4 nitrogen and oxygen atoms in total. The lowest BCUT2D eigenvalue weighted by Gasteiger charge is -2.14. The first-order valence-corrected chi connectivity index (χ1v) is 6.67. The van der Waals surface area contributed by atoms with E-state index in [9.17, 15) is 0 Å². The van der Waals surface area contributed by atoms with Crippen LogP contribution in [-0.4, -0.2) is 29.3 Å². The molecule has 1 heterocycles. The van der Waals surface area contributed by atoms with Crippen LogP contribution in [0.5, 0.6) is 0 Å². The average Bonchev–Trinajstić information content (AvgIpc) is 2.97. The molecule has 1 aliphatic rings. The van der Waals surface area contributed by atoms with Crippen LogP contribution >= 0.6 is 0 Å². The second-order valence-corrected chi connectivity index (χ2v) is 4.77. The average molecular weight is 237 g/mol. The van der Waals surface area contributed by atoms with Crippen LogP contribution in [0.1, 0.15) is 38.5 Å². The standard InChI is InChI=1S/C13H23N3O/c1-17-11-5-4-9-16-10-8-14-13(16)15-12-6-2-3-7-12/h8,10,12H,2-7,9,11H2,1H3,(H,14,15). The highest BCUT2D eigenvalue weighted by Crippen LogP contribution is 2.21. The lowest BCUT2D eigenvalue weighted by molar-refractivity contribution is 0.191. The fraction of sp³-hybridized carbons (Fsp3) is 0.769. The molecule has 0 spiro atoms. The van der Waals surface area contributed by atoms with Crippen molar-refractivity contribution in [3.05, 3.63) is 12.4 Å². The summed E-state index contributed by atoms with van der Waals surface area (Å²) in [6, 6.07) is 0.634. The summed E-state index contributed by atoms with van der Waals surface area (Å²) in [5.41, 5.74) is 0. The molecule has 0 unspecified atom stereocenters. The number of hydrogen-bond acceptors (Lipinski definition) is 3. The molecule has 1 aliphatic carbocycles. The number of nitrogens with one attached hydrogen (secondary N) is 1. The van der Waals surface area contributed by atoms with Crippen LogP contribution in [0.15, 0.2) is 12.4 Å². The first-order valence-electron chi connectivity index (χ1n) is 6.67. The van der Waals surface area contributed by atoms with Crippen molar-refractivity contribution >= 4 is 5.95 Å². The van der Waals surface area contributed by atoms with Gasteiger partial charge in [-0.1, -0.05) is 12.8 Å². The van der Waals surface area contributed by atoms with Gasteiger partial charge in [-0.15, -0.1) is 0 Å². The third-order valence-corrected chi connectivity index (χ3v) is 3.40. The van der Waals surface area contributed by atoms with Crippen molar-refractivity contribution in [2.75, 3.05) is 19.0 Å². The monoisotopic (exact) mass is 237 g/mol. The summed E-state index contributed by atoms with van der Waals surface area (Å²) in [6.45, 7) is 1.87. The van der Waals surface area contributed by atoms with Gasteiger partial charge in [0.1, 0.15) is 0 Å². The van der Waals surface area contributed by atoms with Gasteiger partial charge in [-0.3, -0.25) is 0 Å². The maximum absolute atomic E-state index is 5.06. The van der Waals surface area contributed by atoms with Crippen molar-refractivity contribution in [1.29, 1.82) is 0 Å². The van der Waals surface area contributed by atoms with E-state index >= 15 is 0 Å². The lowest BCUT2D eigenvalue weighted by atomic mass is 10.2. The number of nitrogens with zero attached hydrogens (tertiary/aromatic N) is 2. The minimum absolute atomic E-state index is 0.634. The highest BCUT2D eigenvalue weighted by atomic mass is 16.5. The zero-order valence-electron chi connectivity index (χ0n) is 10.7. The van der Waals surface area contributed by atoms with Crippen LogP contribution in [0.3, 0.4) is 0 Å². The van der Waals surface area contributed by atoms with E-state index in [1.807, 2.05) is 6.20 Å². The minimum Gasteiger partial charge on any atom is -0.385 e. The molecule has 0 atom stereocenters. The quantitative estimate of drug-likeness (QED) is 0.741.